The molecule has 0 radical (unpaired) electrons. The summed E-state index contributed by atoms with van der Waals surface area (Å²) in [5.74, 6) is 0.822. The van der Waals surface area contributed by atoms with Crippen LogP contribution >= 0.6 is 0 Å². The van der Waals surface area contributed by atoms with Crippen LogP contribution in [0.5, 0.6) is 0 Å². The van der Waals surface area contributed by atoms with Crippen molar-refractivity contribution in [1.82, 2.24) is 4.90 Å². The summed E-state index contributed by atoms with van der Waals surface area (Å²) in [6, 6.07) is 0.419. The quantitative estimate of drug-likeness (QED) is 0.584. The van der Waals surface area contributed by atoms with Crippen LogP contribution in [0.1, 0.15) is 46.0 Å². The minimum absolute atomic E-state index is 0.142. The van der Waals surface area contributed by atoms with Crippen LogP contribution in [-0.4, -0.2) is 35.1 Å². The lowest BCUT2D eigenvalue weighted by Gasteiger charge is -2.28. The van der Waals surface area contributed by atoms with E-state index in [4.69, 9.17) is 5.11 Å². The van der Waals surface area contributed by atoms with Gasteiger partial charge in [0.15, 0.2) is 0 Å². The summed E-state index contributed by atoms with van der Waals surface area (Å²) < 4.78 is 0. The predicted octanol–water partition coefficient (Wildman–Crippen LogP) is 3.16. The first-order chi connectivity index (χ1) is 8.54. The Morgan fingerprint density at radius 3 is 2.67 bits per heavy atom. The monoisotopic (exact) mass is 253 g/mol. The average molecular weight is 253 g/mol. The second-order valence-electron chi connectivity index (χ2n) is 5.78. The van der Waals surface area contributed by atoms with E-state index >= 15 is 0 Å². The van der Waals surface area contributed by atoms with Crippen molar-refractivity contribution in [2.75, 3.05) is 13.1 Å². The van der Waals surface area contributed by atoms with Gasteiger partial charge in [-0.3, -0.25) is 9.69 Å². The molecule has 0 spiro atoms. The molecule has 0 bridgehead atoms. The van der Waals surface area contributed by atoms with Gasteiger partial charge in [0.25, 0.3) is 0 Å². The fourth-order valence-corrected chi connectivity index (χ4v) is 3.02. The van der Waals surface area contributed by atoms with Crippen LogP contribution in [0.15, 0.2) is 12.7 Å². The van der Waals surface area contributed by atoms with Gasteiger partial charge in [-0.15, -0.1) is 6.58 Å². The molecule has 1 fully saturated rings. The highest BCUT2D eigenvalue weighted by atomic mass is 16.4. The molecule has 2 unspecified atom stereocenters. The molecule has 3 nitrogen and oxygen atoms in total. The minimum Gasteiger partial charge on any atom is -0.480 e. The topological polar surface area (TPSA) is 40.5 Å². The average Bonchev–Trinajstić information content (AvgIpc) is 2.53. The fraction of sp³-hybridized carbons (Fsp3) is 0.800. The van der Waals surface area contributed by atoms with Crippen molar-refractivity contribution in [1.29, 1.82) is 0 Å². The molecule has 1 N–H and O–H groups in total. The van der Waals surface area contributed by atoms with E-state index < -0.39 is 5.97 Å². The number of carbonyl (C=O) groups is 1. The molecule has 1 aliphatic rings. The van der Waals surface area contributed by atoms with Crippen LogP contribution < -0.4 is 0 Å². The van der Waals surface area contributed by atoms with E-state index in [-0.39, 0.29) is 6.54 Å². The Hall–Kier alpha value is -0.830. The normalized spacial score (nSPS) is 25.1. The summed E-state index contributed by atoms with van der Waals surface area (Å²) in [5, 5.41) is 8.98. The Labute approximate surface area is 111 Å². The van der Waals surface area contributed by atoms with Gasteiger partial charge < -0.3 is 5.11 Å². The number of carboxylic acids is 1. The SMILES string of the molecule is C=CCN(CC(=O)O)C1CCCC(C(C)C)CC1. The van der Waals surface area contributed by atoms with Crippen LogP contribution in [-0.2, 0) is 4.79 Å². The molecule has 104 valence electrons. The number of rotatable bonds is 6. The van der Waals surface area contributed by atoms with E-state index in [1.165, 1.54) is 19.3 Å². The van der Waals surface area contributed by atoms with E-state index in [0.717, 1.165) is 24.7 Å². The fourth-order valence-electron chi connectivity index (χ4n) is 3.02. The molecule has 0 heterocycles. The Morgan fingerprint density at radius 2 is 2.11 bits per heavy atom. The zero-order chi connectivity index (χ0) is 13.5. The van der Waals surface area contributed by atoms with E-state index in [0.29, 0.717) is 12.6 Å². The Kier molecular flexibility index (Phi) is 6.41. The molecule has 1 aliphatic carbocycles. The van der Waals surface area contributed by atoms with Gasteiger partial charge in [0, 0.05) is 12.6 Å². The second-order valence-corrected chi connectivity index (χ2v) is 5.78. The molecule has 1 saturated carbocycles. The van der Waals surface area contributed by atoms with Crippen molar-refractivity contribution in [3.8, 4) is 0 Å². The third kappa shape index (κ3) is 4.81. The van der Waals surface area contributed by atoms with Crippen molar-refractivity contribution in [3.05, 3.63) is 12.7 Å². The zero-order valence-electron chi connectivity index (χ0n) is 11.8. The molecule has 1 rings (SSSR count). The number of hydrogen-bond acceptors (Lipinski definition) is 2. The largest absolute Gasteiger partial charge is 0.480 e. The summed E-state index contributed by atoms with van der Waals surface area (Å²) in [5.41, 5.74) is 0. The van der Waals surface area contributed by atoms with E-state index in [9.17, 15) is 4.79 Å². The van der Waals surface area contributed by atoms with Gasteiger partial charge in [0.2, 0.25) is 0 Å². The Bertz CT molecular complexity index is 276. The minimum atomic E-state index is -0.735. The summed E-state index contributed by atoms with van der Waals surface area (Å²) in [4.78, 5) is 13.0. The molecule has 0 amide bonds. The highest BCUT2D eigenvalue weighted by Gasteiger charge is 2.25. The third-order valence-electron chi connectivity index (χ3n) is 4.14. The van der Waals surface area contributed by atoms with Crippen molar-refractivity contribution in [2.24, 2.45) is 11.8 Å². The number of carboxylic acid groups (broad SMARTS) is 1. The maximum Gasteiger partial charge on any atom is 0.317 e. The van der Waals surface area contributed by atoms with E-state index in [1.807, 2.05) is 6.08 Å². The molecule has 0 aromatic rings. The van der Waals surface area contributed by atoms with E-state index in [2.05, 4.69) is 25.3 Å². The first kappa shape index (κ1) is 15.2. The maximum absolute atomic E-state index is 10.9. The molecule has 3 heteroatoms. The Balaban J connectivity index is 2.57. The molecule has 2 atom stereocenters. The molecule has 18 heavy (non-hydrogen) atoms. The first-order valence-electron chi connectivity index (χ1n) is 7.11. The third-order valence-corrected chi connectivity index (χ3v) is 4.14. The summed E-state index contributed by atoms with van der Waals surface area (Å²) >= 11 is 0. The van der Waals surface area contributed by atoms with Gasteiger partial charge in [-0.1, -0.05) is 32.8 Å². The molecule has 0 aromatic heterocycles. The van der Waals surface area contributed by atoms with Crippen LogP contribution in [0.4, 0.5) is 0 Å². The first-order valence-corrected chi connectivity index (χ1v) is 7.11. The van der Waals surface area contributed by atoms with Gasteiger partial charge in [-0.2, -0.15) is 0 Å². The van der Waals surface area contributed by atoms with Crippen molar-refractivity contribution >= 4 is 5.97 Å². The smallest absolute Gasteiger partial charge is 0.317 e. The lowest BCUT2D eigenvalue weighted by atomic mass is 9.89. The number of hydrogen-bond donors (Lipinski definition) is 1. The van der Waals surface area contributed by atoms with Crippen molar-refractivity contribution in [2.45, 2.75) is 52.0 Å². The lowest BCUT2D eigenvalue weighted by Crippen LogP contribution is -2.39. The van der Waals surface area contributed by atoms with E-state index in [1.54, 1.807) is 0 Å². The summed E-state index contributed by atoms with van der Waals surface area (Å²) in [7, 11) is 0. The predicted molar refractivity (Wildman–Crippen MR) is 74.6 cm³/mol. The van der Waals surface area contributed by atoms with Crippen LogP contribution in [0.3, 0.4) is 0 Å². The zero-order valence-corrected chi connectivity index (χ0v) is 11.8. The van der Waals surface area contributed by atoms with Crippen molar-refractivity contribution < 1.29 is 9.90 Å². The van der Waals surface area contributed by atoms with Gasteiger partial charge >= 0.3 is 5.97 Å². The molecular weight excluding hydrogens is 226 g/mol. The maximum atomic E-state index is 10.9. The molecule has 0 saturated heterocycles. The summed E-state index contributed by atoms with van der Waals surface area (Å²) in [6.45, 7) is 9.15. The Morgan fingerprint density at radius 1 is 1.39 bits per heavy atom. The van der Waals surface area contributed by atoms with Gasteiger partial charge in [0.1, 0.15) is 0 Å². The summed E-state index contributed by atoms with van der Waals surface area (Å²) in [6.07, 6.45) is 7.82. The van der Waals surface area contributed by atoms with Gasteiger partial charge in [-0.25, -0.2) is 0 Å². The van der Waals surface area contributed by atoms with Crippen LogP contribution in [0.25, 0.3) is 0 Å². The molecule has 0 aliphatic heterocycles. The van der Waals surface area contributed by atoms with Crippen molar-refractivity contribution in [3.63, 3.8) is 0 Å². The number of aliphatic carboxylic acids is 1. The van der Waals surface area contributed by atoms with Crippen LogP contribution in [0, 0.1) is 11.8 Å². The highest BCUT2D eigenvalue weighted by molar-refractivity contribution is 5.69. The van der Waals surface area contributed by atoms with Crippen LogP contribution in [0.2, 0.25) is 0 Å². The molecule has 0 aromatic carbocycles. The lowest BCUT2D eigenvalue weighted by molar-refractivity contribution is -0.138. The molecular formula is C15H27NO2. The standard InChI is InChI=1S/C15H27NO2/c1-4-10-16(11-15(17)18)14-7-5-6-13(8-9-14)12(2)3/h4,12-14H,1,5-11H2,2-3H3,(H,17,18). The highest BCUT2D eigenvalue weighted by Crippen LogP contribution is 2.30. The number of nitrogens with zero attached hydrogens (tertiary/aromatic N) is 1. The van der Waals surface area contributed by atoms with Gasteiger partial charge in [-0.05, 0) is 31.1 Å². The van der Waals surface area contributed by atoms with Gasteiger partial charge in [0.05, 0.1) is 6.54 Å². The second kappa shape index (κ2) is 7.57.